The molecule has 0 unspecified atom stereocenters. The molecule has 0 aliphatic carbocycles. The van der Waals surface area contributed by atoms with Gasteiger partial charge in [-0.25, -0.2) is 19.9 Å². The maximum absolute atomic E-state index is 12.1. The van der Waals surface area contributed by atoms with Crippen LogP contribution >= 0.6 is 0 Å². The van der Waals surface area contributed by atoms with Gasteiger partial charge in [-0.3, -0.25) is 4.79 Å². The highest BCUT2D eigenvalue weighted by Gasteiger charge is 2.26. The van der Waals surface area contributed by atoms with E-state index in [1.165, 1.54) is 7.11 Å². The summed E-state index contributed by atoms with van der Waals surface area (Å²) in [6.07, 6.45) is 8.63. The summed E-state index contributed by atoms with van der Waals surface area (Å²) >= 11 is 0. The Morgan fingerprint density at radius 2 is 1.96 bits per heavy atom. The van der Waals surface area contributed by atoms with Crippen LogP contribution in [-0.2, 0) is 4.74 Å². The summed E-state index contributed by atoms with van der Waals surface area (Å²) in [5, 5.41) is 6.35. The van der Waals surface area contributed by atoms with Crippen molar-refractivity contribution in [2.75, 3.05) is 25.1 Å². The van der Waals surface area contributed by atoms with Gasteiger partial charge in [-0.1, -0.05) is 0 Å². The monoisotopic (exact) mass is 354 g/mol. The van der Waals surface area contributed by atoms with Crippen molar-refractivity contribution in [1.82, 2.24) is 24.7 Å². The number of esters is 1. The van der Waals surface area contributed by atoms with Crippen molar-refractivity contribution < 1.29 is 9.53 Å². The Kier molecular flexibility index (Phi) is 4.11. The standard InChI is InChI=1S/C17H18N6O3/c1-26-16(25)13-10-23(9-12-14(13)20-21-15(12)24)11-3-7-22(8-4-11)17-18-5-2-6-19-17/h2,5-6,9-11H,3-4,7-8H2,1H3,(H,21,24). The van der Waals surface area contributed by atoms with Gasteiger partial charge < -0.3 is 14.2 Å². The third-order valence-corrected chi connectivity index (χ3v) is 4.71. The molecule has 4 rings (SSSR count). The number of hydrogen-bond acceptors (Lipinski definition) is 7. The van der Waals surface area contributed by atoms with Crippen molar-refractivity contribution in [2.24, 2.45) is 0 Å². The third-order valence-electron chi connectivity index (χ3n) is 4.71. The van der Waals surface area contributed by atoms with Crippen LogP contribution in [0.15, 0.2) is 35.6 Å². The molecule has 1 aromatic rings. The molecule has 0 bridgehead atoms. The van der Waals surface area contributed by atoms with Crippen LogP contribution in [0.25, 0.3) is 11.3 Å². The first-order chi connectivity index (χ1) is 12.7. The van der Waals surface area contributed by atoms with Gasteiger partial charge in [0.2, 0.25) is 5.95 Å². The minimum absolute atomic E-state index is 0.164. The summed E-state index contributed by atoms with van der Waals surface area (Å²) in [6, 6.07) is 1.96. The highest BCUT2D eigenvalue weighted by Crippen LogP contribution is 2.28. The lowest BCUT2D eigenvalue weighted by Gasteiger charge is -2.33. The van der Waals surface area contributed by atoms with Gasteiger partial charge in [0, 0.05) is 43.9 Å². The molecule has 1 N–H and O–H groups in total. The number of nitrogens with one attached hydrogen (secondary N) is 1. The summed E-state index contributed by atoms with van der Waals surface area (Å²) in [7, 11) is 1.31. The van der Waals surface area contributed by atoms with Crippen LogP contribution in [0.5, 0.6) is 0 Å². The molecule has 0 saturated carbocycles. The predicted octanol–water partition coefficient (Wildman–Crippen LogP) is 1.09. The lowest BCUT2D eigenvalue weighted by Crippen LogP contribution is -2.35. The molecule has 0 spiro atoms. The van der Waals surface area contributed by atoms with E-state index in [9.17, 15) is 9.59 Å². The first kappa shape index (κ1) is 16.2. The molecule has 1 saturated heterocycles. The minimum atomic E-state index is -0.508. The van der Waals surface area contributed by atoms with Crippen LogP contribution in [0, 0.1) is 0 Å². The number of anilines is 1. The van der Waals surface area contributed by atoms with Crippen molar-refractivity contribution in [3.8, 4) is 11.3 Å². The lowest BCUT2D eigenvalue weighted by molar-refractivity contribution is 0.0600. The first-order valence-electron chi connectivity index (χ1n) is 8.37. The number of nitrogens with zero attached hydrogens (tertiary/aromatic N) is 5. The number of pyridine rings is 1. The quantitative estimate of drug-likeness (QED) is 0.702. The molecule has 4 heterocycles. The average Bonchev–Trinajstić information content (AvgIpc) is 3.08. The Hall–Kier alpha value is -3.23. The highest BCUT2D eigenvalue weighted by atomic mass is 16.5. The Morgan fingerprint density at radius 1 is 1.23 bits per heavy atom. The van der Waals surface area contributed by atoms with E-state index in [-0.39, 0.29) is 17.2 Å². The van der Waals surface area contributed by atoms with Crippen LogP contribution in [0.4, 0.5) is 5.95 Å². The topological polar surface area (TPSA) is 106 Å². The van der Waals surface area contributed by atoms with Gasteiger partial charge in [-0.05, 0) is 18.9 Å². The smallest absolute Gasteiger partial charge is 0.341 e. The largest absolute Gasteiger partial charge is 0.465 e. The van der Waals surface area contributed by atoms with Crippen molar-refractivity contribution in [3.63, 3.8) is 0 Å². The molecule has 1 aromatic heterocycles. The Labute approximate surface area is 149 Å². The van der Waals surface area contributed by atoms with Gasteiger partial charge in [0.1, 0.15) is 11.3 Å². The number of carbonyl (C=O) groups is 1. The molecule has 134 valence electrons. The molecular weight excluding hydrogens is 336 g/mol. The van der Waals surface area contributed by atoms with Crippen LogP contribution in [-0.4, -0.2) is 50.9 Å². The summed E-state index contributed by atoms with van der Waals surface area (Å²) < 4.78 is 6.76. The number of rotatable bonds is 3. The van der Waals surface area contributed by atoms with E-state index in [1.807, 2.05) is 4.57 Å². The maximum Gasteiger partial charge on any atom is 0.341 e. The zero-order chi connectivity index (χ0) is 18.1. The van der Waals surface area contributed by atoms with Gasteiger partial charge in [0.05, 0.1) is 12.7 Å². The number of H-pyrrole nitrogens is 1. The molecule has 9 heteroatoms. The zero-order valence-electron chi connectivity index (χ0n) is 14.3. The highest BCUT2D eigenvalue weighted by molar-refractivity contribution is 5.95. The van der Waals surface area contributed by atoms with E-state index in [0.717, 1.165) is 31.9 Å². The fourth-order valence-electron chi connectivity index (χ4n) is 3.34. The molecule has 26 heavy (non-hydrogen) atoms. The third kappa shape index (κ3) is 2.81. The van der Waals surface area contributed by atoms with Crippen LogP contribution in [0.2, 0.25) is 0 Å². The van der Waals surface area contributed by atoms with Crippen LogP contribution < -0.4 is 10.5 Å². The molecular formula is C17H18N6O3. The molecule has 1 fully saturated rings. The second kappa shape index (κ2) is 6.58. The number of hydrogen-bond donors (Lipinski definition) is 1. The normalized spacial score (nSPS) is 15.3. The van der Waals surface area contributed by atoms with E-state index >= 15 is 0 Å². The van der Waals surface area contributed by atoms with Crippen LogP contribution in [0.1, 0.15) is 29.2 Å². The number of piperidine rings is 1. The van der Waals surface area contributed by atoms with Gasteiger partial charge in [0.25, 0.3) is 5.56 Å². The molecule has 3 aliphatic rings. The van der Waals surface area contributed by atoms with E-state index in [4.69, 9.17) is 4.74 Å². The van der Waals surface area contributed by atoms with Crippen molar-refractivity contribution in [3.05, 3.63) is 46.8 Å². The van der Waals surface area contributed by atoms with Gasteiger partial charge in [-0.15, -0.1) is 0 Å². The predicted molar refractivity (Wildman–Crippen MR) is 93.3 cm³/mol. The van der Waals surface area contributed by atoms with Crippen molar-refractivity contribution in [2.45, 2.75) is 18.9 Å². The Balaban J connectivity index is 1.61. The average molecular weight is 354 g/mol. The number of carbonyl (C=O) groups excluding carboxylic acids is 1. The van der Waals surface area contributed by atoms with Gasteiger partial charge in [0.15, 0.2) is 0 Å². The van der Waals surface area contributed by atoms with Crippen molar-refractivity contribution >= 4 is 11.9 Å². The van der Waals surface area contributed by atoms with Gasteiger partial charge in [-0.2, -0.15) is 5.10 Å². The van der Waals surface area contributed by atoms with E-state index in [1.54, 1.807) is 30.9 Å². The summed E-state index contributed by atoms with van der Waals surface area (Å²) in [5.41, 5.74) is 0.710. The molecule has 0 atom stereocenters. The maximum atomic E-state index is 12.1. The second-order valence-electron chi connectivity index (χ2n) is 6.19. The fourth-order valence-corrected chi connectivity index (χ4v) is 3.34. The van der Waals surface area contributed by atoms with Crippen LogP contribution in [0.3, 0.4) is 0 Å². The van der Waals surface area contributed by atoms with E-state index < -0.39 is 5.97 Å². The number of methoxy groups -OCH3 is 1. The van der Waals surface area contributed by atoms with Gasteiger partial charge >= 0.3 is 5.97 Å². The fraction of sp³-hybridized carbons (Fsp3) is 0.353. The molecule has 9 nitrogen and oxygen atoms in total. The lowest BCUT2D eigenvalue weighted by atomic mass is 10.0. The second-order valence-corrected chi connectivity index (χ2v) is 6.19. The number of aromatic amines is 1. The zero-order valence-corrected chi connectivity index (χ0v) is 14.3. The van der Waals surface area contributed by atoms with E-state index in [2.05, 4.69) is 25.1 Å². The SMILES string of the molecule is COC(=O)c1cn(C2CCN(c3ncccn3)CC2)cc2c(=O)[nH]nc1-2. The summed E-state index contributed by atoms with van der Waals surface area (Å²) in [6.45, 7) is 1.59. The molecule has 0 amide bonds. The summed E-state index contributed by atoms with van der Waals surface area (Å²) in [4.78, 5) is 34.8. The number of ether oxygens (including phenoxy) is 1. The van der Waals surface area contributed by atoms with E-state index in [0.29, 0.717) is 11.3 Å². The molecule has 3 aliphatic heterocycles. The number of fused-ring (bicyclic) bond motifs is 1. The Bertz CT molecular complexity index is 943. The number of aromatic nitrogens is 5. The Morgan fingerprint density at radius 3 is 2.65 bits per heavy atom. The van der Waals surface area contributed by atoms with Crippen molar-refractivity contribution in [1.29, 1.82) is 0 Å². The molecule has 0 aromatic carbocycles. The molecule has 0 radical (unpaired) electrons. The first-order valence-corrected chi connectivity index (χ1v) is 8.37. The summed E-state index contributed by atoms with van der Waals surface area (Å²) in [5.74, 6) is 0.212. The minimum Gasteiger partial charge on any atom is -0.465 e.